The third-order valence-corrected chi connectivity index (χ3v) is 11.5. The fourth-order valence-electron chi connectivity index (χ4n) is 5.26. The van der Waals surface area contributed by atoms with Gasteiger partial charge in [-0.25, -0.2) is 8.78 Å². The Morgan fingerprint density at radius 2 is 0.839 bits per heavy atom. The summed E-state index contributed by atoms with van der Waals surface area (Å²) in [6.45, 7) is 0. The topological polar surface area (TPSA) is 0 Å². The van der Waals surface area contributed by atoms with Crippen LogP contribution in [0.1, 0.15) is 11.1 Å². The predicted octanol–water partition coefficient (Wildman–Crippen LogP) is 5.77. The number of benzene rings is 4. The smallest absolute Gasteiger partial charge is 0.182 e. The van der Waals surface area contributed by atoms with Crippen molar-refractivity contribution in [3.05, 3.63) is 132 Å². The van der Waals surface area contributed by atoms with E-state index in [-0.39, 0.29) is 11.6 Å². The zero-order valence-corrected chi connectivity index (χ0v) is 17.6. The van der Waals surface area contributed by atoms with E-state index in [0.717, 1.165) is 11.1 Å². The number of rotatable bonds is 2. The summed E-state index contributed by atoms with van der Waals surface area (Å²) in [5.74, 6) is -0.478. The number of halogens is 2. The number of fused-ring (bicyclic) bond motifs is 5. The van der Waals surface area contributed by atoms with Crippen LogP contribution in [-0.2, 0) is 0 Å². The highest BCUT2D eigenvalue weighted by Gasteiger charge is 2.53. The fraction of sp³-hybridized carbons (Fsp3) is 0. The molecule has 0 aromatic heterocycles. The molecule has 2 heterocycles. The summed E-state index contributed by atoms with van der Waals surface area (Å²) in [6.07, 6.45) is 4.38. The normalized spacial score (nSPS) is 15.4. The molecule has 6 rings (SSSR count). The predicted molar refractivity (Wildman–Crippen MR) is 126 cm³/mol. The van der Waals surface area contributed by atoms with Crippen molar-refractivity contribution in [2.45, 2.75) is 0 Å². The summed E-state index contributed by atoms with van der Waals surface area (Å²) >= 11 is 0. The van der Waals surface area contributed by atoms with Crippen LogP contribution in [0.4, 0.5) is 8.78 Å². The minimum absolute atomic E-state index is 0.239. The van der Waals surface area contributed by atoms with Gasteiger partial charge in [0.05, 0.1) is 0 Å². The quantitative estimate of drug-likeness (QED) is 0.361. The Balaban J connectivity index is 1.69. The van der Waals surface area contributed by atoms with E-state index in [2.05, 4.69) is 60.7 Å². The molecule has 4 aromatic rings. The molecule has 0 atom stereocenters. The van der Waals surface area contributed by atoms with E-state index in [1.165, 1.54) is 56.2 Å². The zero-order chi connectivity index (χ0) is 21.0. The second kappa shape index (κ2) is 6.72. The van der Waals surface area contributed by atoms with E-state index in [4.69, 9.17) is 0 Å². The van der Waals surface area contributed by atoms with Gasteiger partial charge in [-0.2, -0.15) is 0 Å². The Morgan fingerprint density at radius 1 is 0.452 bits per heavy atom. The first-order valence-corrected chi connectivity index (χ1v) is 12.3. The number of hydrogen-bond acceptors (Lipinski definition) is 0. The first-order chi connectivity index (χ1) is 15.2. The van der Waals surface area contributed by atoms with E-state index < -0.39 is 8.07 Å². The van der Waals surface area contributed by atoms with Gasteiger partial charge in [0.15, 0.2) is 8.07 Å². The first-order valence-electron chi connectivity index (χ1n) is 10.3. The van der Waals surface area contributed by atoms with Crippen LogP contribution in [0.25, 0.3) is 21.5 Å². The lowest BCUT2D eigenvalue weighted by molar-refractivity contribution is 0.627. The molecule has 0 nitrogen and oxygen atoms in total. The monoisotopic (exact) mass is 420 g/mol. The van der Waals surface area contributed by atoms with E-state index in [1.54, 1.807) is 0 Å². The molecule has 31 heavy (non-hydrogen) atoms. The molecule has 0 N–H and O–H groups in total. The molecule has 0 saturated heterocycles. The Morgan fingerprint density at radius 3 is 1.26 bits per heavy atom. The largest absolute Gasteiger partial charge is 0.207 e. The molecule has 4 aromatic carbocycles. The summed E-state index contributed by atoms with van der Waals surface area (Å²) in [4.78, 5) is 0. The highest BCUT2D eigenvalue weighted by molar-refractivity contribution is 7.28. The second-order valence-corrected chi connectivity index (χ2v) is 11.7. The molecular weight excluding hydrogens is 402 g/mol. The van der Waals surface area contributed by atoms with E-state index in [0.29, 0.717) is 0 Å². The average Bonchev–Trinajstić information content (AvgIpc) is 3.34. The molecule has 0 amide bonds. The van der Waals surface area contributed by atoms with Crippen LogP contribution in [0.3, 0.4) is 0 Å². The first kappa shape index (κ1) is 18.2. The van der Waals surface area contributed by atoms with Crippen LogP contribution in [0, 0.1) is 11.6 Å². The standard InChI is InChI=1S/C28H18F2Si/c29-21-13-9-19(10-14-21)25-17-18-26(20-11-15-22(30)16-12-20)31(25)27-7-3-1-5-23(27)24-6-2-4-8-28(24)31/h1-18H. The number of allylic oxidation sites excluding steroid dienone is 2. The van der Waals surface area contributed by atoms with Crippen molar-refractivity contribution in [2.75, 3.05) is 0 Å². The maximum atomic E-state index is 13.7. The van der Waals surface area contributed by atoms with Crippen LogP contribution in [0.15, 0.2) is 109 Å². The van der Waals surface area contributed by atoms with Gasteiger partial charge in [0, 0.05) is 0 Å². The van der Waals surface area contributed by atoms with Crippen molar-refractivity contribution < 1.29 is 8.78 Å². The number of hydrogen-bond donors (Lipinski definition) is 0. The van der Waals surface area contributed by atoms with Crippen molar-refractivity contribution >= 4 is 28.8 Å². The third-order valence-electron chi connectivity index (χ3n) is 6.49. The van der Waals surface area contributed by atoms with Gasteiger partial charge in [-0.05, 0) is 67.3 Å². The summed E-state index contributed by atoms with van der Waals surface area (Å²) in [6, 6.07) is 30.8. The molecular formula is C28H18F2Si. The van der Waals surface area contributed by atoms with Gasteiger partial charge in [-0.3, -0.25) is 0 Å². The molecule has 0 bridgehead atoms. The van der Waals surface area contributed by atoms with Gasteiger partial charge in [0.2, 0.25) is 0 Å². The Hall–Kier alpha value is -3.56. The van der Waals surface area contributed by atoms with Gasteiger partial charge in [-0.15, -0.1) is 0 Å². The van der Waals surface area contributed by atoms with Crippen molar-refractivity contribution in [2.24, 2.45) is 0 Å². The van der Waals surface area contributed by atoms with Crippen molar-refractivity contribution in [1.82, 2.24) is 0 Å². The molecule has 2 aliphatic heterocycles. The maximum absolute atomic E-state index is 13.7. The minimum Gasteiger partial charge on any atom is -0.207 e. The lowest BCUT2D eigenvalue weighted by Crippen LogP contribution is -2.56. The Bertz CT molecular complexity index is 1270. The summed E-state index contributed by atoms with van der Waals surface area (Å²) in [5, 5.41) is 5.15. The minimum atomic E-state index is -2.61. The van der Waals surface area contributed by atoms with Crippen LogP contribution < -0.4 is 10.4 Å². The van der Waals surface area contributed by atoms with Crippen molar-refractivity contribution in [3.8, 4) is 11.1 Å². The highest BCUT2D eigenvalue weighted by Crippen LogP contribution is 2.46. The Kier molecular flexibility index (Phi) is 3.95. The third kappa shape index (κ3) is 2.50. The molecule has 2 aliphatic rings. The molecule has 148 valence electrons. The Labute approximate surface area is 180 Å². The lowest BCUT2D eigenvalue weighted by Gasteiger charge is -2.32. The van der Waals surface area contributed by atoms with Crippen molar-refractivity contribution in [3.63, 3.8) is 0 Å². The molecule has 0 fully saturated rings. The van der Waals surface area contributed by atoms with Gasteiger partial charge < -0.3 is 0 Å². The SMILES string of the molecule is Fc1ccc(C2=CC=C(c3ccc(F)cc3)[Si]23c2ccccc2-c2ccccc23)cc1. The average molecular weight is 421 g/mol. The van der Waals surface area contributed by atoms with Crippen LogP contribution in [0.2, 0.25) is 0 Å². The molecule has 0 unspecified atom stereocenters. The van der Waals surface area contributed by atoms with Gasteiger partial charge in [0.1, 0.15) is 11.6 Å². The summed E-state index contributed by atoms with van der Waals surface area (Å²) < 4.78 is 27.5. The molecule has 1 spiro atoms. The second-order valence-electron chi connectivity index (χ2n) is 8.02. The highest BCUT2D eigenvalue weighted by atomic mass is 28.3. The maximum Gasteiger partial charge on any atom is 0.182 e. The van der Waals surface area contributed by atoms with E-state index in [9.17, 15) is 8.78 Å². The zero-order valence-electron chi connectivity index (χ0n) is 16.6. The fourth-order valence-corrected chi connectivity index (χ4v) is 10.8. The molecule has 0 radical (unpaired) electrons. The van der Waals surface area contributed by atoms with E-state index in [1.807, 2.05) is 24.3 Å². The van der Waals surface area contributed by atoms with Gasteiger partial charge in [0.25, 0.3) is 0 Å². The van der Waals surface area contributed by atoms with Crippen molar-refractivity contribution in [1.29, 1.82) is 0 Å². The summed E-state index contributed by atoms with van der Waals surface area (Å²) in [7, 11) is -2.61. The van der Waals surface area contributed by atoms with E-state index >= 15 is 0 Å². The molecule has 0 saturated carbocycles. The van der Waals surface area contributed by atoms with Crippen LogP contribution in [0.5, 0.6) is 0 Å². The van der Waals surface area contributed by atoms with Crippen LogP contribution >= 0.6 is 0 Å². The lowest BCUT2D eigenvalue weighted by atomic mass is 10.1. The molecule has 0 aliphatic carbocycles. The molecule has 3 heteroatoms. The van der Waals surface area contributed by atoms with Gasteiger partial charge >= 0.3 is 0 Å². The summed E-state index contributed by atoms with van der Waals surface area (Å²) in [5.41, 5.74) is 4.58. The van der Waals surface area contributed by atoms with Gasteiger partial charge in [-0.1, -0.05) is 84.9 Å². The van der Waals surface area contributed by atoms with Crippen LogP contribution in [-0.4, -0.2) is 8.07 Å².